The van der Waals surface area contributed by atoms with Gasteiger partial charge in [0.1, 0.15) is 0 Å². The summed E-state index contributed by atoms with van der Waals surface area (Å²) in [5.74, 6) is 0. The molecule has 0 atom stereocenters. The SMILES string of the molecule is CI(I)[I-]I. The summed E-state index contributed by atoms with van der Waals surface area (Å²) in [7, 11) is 0. The van der Waals surface area contributed by atoms with E-state index in [0.717, 1.165) is 0 Å². The van der Waals surface area contributed by atoms with Crippen molar-refractivity contribution in [2.24, 2.45) is 0 Å². The van der Waals surface area contributed by atoms with Crippen molar-refractivity contribution >= 4 is 49.1 Å². The molecule has 0 bridgehead atoms. The monoisotopic (exact) mass is 523 g/mol. The van der Waals surface area contributed by atoms with Gasteiger partial charge in [-0.1, -0.05) is 0 Å². The molecule has 0 aromatic carbocycles. The minimum absolute atomic E-state index is 0.215. The number of halogens is 4. The van der Waals surface area contributed by atoms with E-state index in [0.29, 0.717) is 13.3 Å². The third-order valence-corrected chi connectivity index (χ3v) is 57.6. The normalized spacial score (nSPS) is 12.2. The molecule has 0 heterocycles. The van der Waals surface area contributed by atoms with Crippen LogP contribution in [0.5, 0.6) is 0 Å². The predicted octanol–water partition coefficient (Wildman–Crippen LogP) is -0.173. The molecule has 0 saturated heterocycles. The van der Waals surface area contributed by atoms with Crippen LogP contribution < -0.4 is 13.3 Å². The molecule has 0 spiro atoms. The molecule has 0 amide bonds. The summed E-state index contributed by atoms with van der Waals surface area (Å²) in [4.78, 5) is 2.41. The average Bonchev–Trinajstić information content (AvgIpc) is 1.38. The van der Waals surface area contributed by atoms with Gasteiger partial charge in [-0.05, 0) is 0 Å². The van der Waals surface area contributed by atoms with Crippen LogP contribution >= 0.6 is 49.1 Å². The molecular formula is CH3I4-. The van der Waals surface area contributed by atoms with Crippen LogP contribution in [0.15, 0.2) is 0 Å². The van der Waals surface area contributed by atoms with Crippen LogP contribution in [0.2, 0.25) is 0 Å². The summed E-state index contributed by atoms with van der Waals surface area (Å²) in [6.07, 6.45) is 0. The molecule has 0 radical (unpaired) electrons. The van der Waals surface area contributed by atoms with Gasteiger partial charge >= 0.3 is 67.3 Å². The summed E-state index contributed by atoms with van der Waals surface area (Å²) >= 11 is 5.60. The fourth-order valence-electron chi connectivity index (χ4n) is 0. The quantitative estimate of drug-likeness (QED) is 0.332. The third kappa shape index (κ3) is 6.92. The first-order valence-electron chi connectivity index (χ1n) is 0.807. The van der Waals surface area contributed by atoms with Gasteiger partial charge in [-0.15, -0.1) is 0 Å². The molecule has 0 aliphatic rings. The second-order valence-corrected chi connectivity index (χ2v) is 45.5. The third-order valence-electron chi connectivity index (χ3n) is 0.0744. The molecule has 0 saturated carbocycles. The average molecular weight is 523 g/mol. The second-order valence-electron chi connectivity index (χ2n) is 0.394. The van der Waals surface area contributed by atoms with Gasteiger partial charge in [-0.2, -0.15) is 0 Å². The Morgan fingerprint density at radius 1 is 1.80 bits per heavy atom. The first-order chi connectivity index (χ1) is 2.27. The molecular weight excluding hydrogens is 520 g/mol. The number of rotatable bonds is 1. The Hall–Kier alpha value is 2.92. The van der Waals surface area contributed by atoms with E-state index in [2.05, 4.69) is 42.2 Å². The molecule has 0 aliphatic carbocycles. The molecule has 0 aromatic heterocycles. The zero-order chi connectivity index (χ0) is 4.28. The van der Waals surface area contributed by atoms with Crippen LogP contribution in [-0.4, -0.2) is 4.93 Å². The number of hydrogen-bond donors (Lipinski definition) is 0. The Kier molecular flexibility index (Phi) is 8.02. The maximum absolute atomic E-state index is 2.60. The van der Waals surface area contributed by atoms with E-state index in [1.165, 1.54) is 0 Å². The molecule has 0 unspecified atom stereocenters. The molecule has 0 aromatic rings. The van der Waals surface area contributed by atoms with Crippen LogP contribution in [0.1, 0.15) is 0 Å². The minimum atomic E-state index is -0.215. The summed E-state index contributed by atoms with van der Waals surface area (Å²) in [5.41, 5.74) is 0. The van der Waals surface area contributed by atoms with Crippen molar-refractivity contribution in [2.45, 2.75) is 0 Å². The summed E-state index contributed by atoms with van der Waals surface area (Å²) < 4.78 is 0. The molecule has 0 aliphatic heterocycles. The van der Waals surface area contributed by atoms with Gasteiger partial charge in [0.2, 0.25) is 0 Å². The molecule has 36 valence electrons. The van der Waals surface area contributed by atoms with Gasteiger partial charge in [0, 0.05) is 0 Å². The van der Waals surface area contributed by atoms with E-state index >= 15 is 0 Å². The predicted molar refractivity (Wildman–Crippen MR) is 48.0 cm³/mol. The summed E-state index contributed by atoms with van der Waals surface area (Å²) in [6.45, 7) is 0. The first-order valence-corrected chi connectivity index (χ1v) is 21.8. The van der Waals surface area contributed by atoms with Gasteiger partial charge in [0.15, 0.2) is 0 Å². The number of alkyl halides is 1. The van der Waals surface area contributed by atoms with Crippen LogP contribution in [0.4, 0.5) is 0 Å². The summed E-state index contributed by atoms with van der Waals surface area (Å²) in [6, 6.07) is 0. The Labute approximate surface area is 65.3 Å². The zero-order valence-electron chi connectivity index (χ0n) is 2.51. The molecule has 5 heavy (non-hydrogen) atoms. The van der Waals surface area contributed by atoms with Crippen molar-refractivity contribution in [3.8, 4) is 0 Å². The molecule has 4 heteroatoms. The van der Waals surface area contributed by atoms with E-state index in [1.807, 2.05) is 0 Å². The van der Waals surface area contributed by atoms with E-state index in [4.69, 9.17) is 0 Å². The first kappa shape index (κ1) is 7.92. The fraction of sp³-hybridized carbons (Fsp3) is 1.00. The van der Waals surface area contributed by atoms with Crippen LogP contribution in [0.25, 0.3) is 0 Å². The molecule has 0 rings (SSSR count). The molecule has 0 fully saturated rings. The van der Waals surface area contributed by atoms with Crippen molar-refractivity contribution in [2.75, 3.05) is 4.93 Å². The fourth-order valence-corrected chi connectivity index (χ4v) is 0. The van der Waals surface area contributed by atoms with Crippen molar-refractivity contribution in [1.29, 1.82) is 0 Å². The van der Waals surface area contributed by atoms with Gasteiger partial charge < -0.3 is 0 Å². The van der Waals surface area contributed by atoms with Crippen molar-refractivity contribution in [1.82, 2.24) is 0 Å². The molecule has 0 nitrogen and oxygen atoms in total. The van der Waals surface area contributed by atoms with Gasteiger partial charge in [0.05, 0.1) is 0 Å². The standard InChI is InChI=1S/CH3I4/c1-5(3)4-2/h1H3/q-1. The Morgan fingerprint density at radius 2 is 2.00 bits per heavy atom. The van der Waals surface area contributed by atoms with Crippen LogP contribution in [0, 0.1) is 0 Å². The zero-order valence-corrected chi connectivity index (χ0v) is 11.1. The summed E-state index contributed by atoms with van der Waals surface area (Å²) in [5, 5.41) is 0. The van der Waals surface area contributed by atoms with Crippen LogP contribution in [0.3, 0.4) is 0 Å². The number of hydrogen-bond acceptors (Lipinski definition) is 0. The second kappa shape index (κ2) is 5.06. The van der Waals surface area contributed by atoms with Crippen molar-refractivity contribution in [3.63, 3.8) is 0 Å². The van der Waals surface area contributed by atoms with E-state index < -0.39 is 0 Å². The van der Waals surface area contributed by atoms with E-state index in [-0.39, 0.29) is 11.9 Å². The van der Waals surface area contributed by atoms with Crippen molar-refractivity contribution < 1.29 is 13.3 Å². The Bertz CT molecular complexity index is 17.6. The van der Waals surface area contributed by atoms with E-state index in [1.54, 1.807) is 0 Å². The molecule has 0 N–H and O–H groups in total. The van der Waals surface area contributed by atoms with Gasteiger partial charge in [-0.25, -0.2) is 0 Å². The van der Waals surface area contributed by atoms with E-state index in [9.17, 15) is 0 Å². The van der Waals surface area contributed by atoms with Crippen LogP contribution in [-0.2, 0) is 0 Å². The Balaban J connectivity index is 2.54. The van der Waals surface area contributed by atoms with Crippen molar-refractivity contribution in [3.05, 3.63) is 0 Å². The van der Waals surface area contributed by atoms with Gasteiger partial charge in [0.25, 0.3) is 0 Å². The van der Waals surface area contributed by atoms with Gasteiger partial charge in [-0.3, -0.25) is 0 Å². The topological polar surface area (TPSA) is 0 Å². The Morgan fingerprint density at radius 3 is 2.00 bits per heavy atom. The maximum atomic E-state index is 2.60.